The second-order valence-electron chi connectivity index (χ2n) is 3.00. The molecule has 1 aromatic heterocycles. The van der Waals surface area contributed by atoms with E-state index in [0.717, 1.165) is 6.54 Å². The first-order chi connectivity index (χ1) is 6.18. The van der Waals surface area contributed by atoms with E-state index in [1.54, 1.807) is 12.4 Å². The molecule has 0 unspecified atom stereocenters. The molecular weight excluding hydrogens is 164 g/mol. The molecular formula is C9H14N4. The van der Waals surface area contributed by atoms with Crippen LogP contribution in [-0.4, -0.2) is 16.5 Å². The first-order valence-corrected chi connectivity index (χ1v) is 4.13. The molecule has 0 bridgehead atoms. The van der Waals surface area contributed by atoms with E-state index in [9.17, 15) is 0 Å². The summed E-state index contributed by atoms with van der Waals surface area (Å²) in [4.78, 5) is 8.00. The molecule has 0 saturated heterocycles. The van der Waals surface area contributed by atoms with Gasteiger partial charge in [0.1, 0.15) is 0 Å². The summed E-state index contributed by atoms with van der Waals surface area (Å²) < 4.78 is 0. The molecule has 0 aliphatic rings. The van der Waals surface area contributed by atoms with Gasteiger partial charge in [0.25, 0.3) is 0 Å². The fraction of sp³-hybridized carbons (Fsp3) is 0.333. The smallest absolute Gasteiger partial charge is 0.222 e. The number of hydrogen-bond acceptors (Lipinski definition) is 4. The van der Waals surface area contributed by atoms with E-state index >= 15 is 0 Å². The summed E-state index contributed by atoms with van der Waals surface area (Å²) in [6.45, 7) is 4.84. The van der Waals surface area contributed by atoms with Crippen molar-refractivity contribution in [3.05, 3.63) is 24.0 Å². The van der Waals surface area contributed by atoms with Crippen LogP contribution in [0.5, 0.6) is 0 Å². The second kappa shape index (κ2) is 4.45. The van der Waals surface area contributed by atoms with Gasteiger partial charge in [-0.15, -0.1) is 0 Å². The van der Waals surface area contributed by atoms with Gasteiger partial charge in [0, 0.05) is 6.54 Å². The van der Waals surface area contributed by atoms with Gasteiger partial charge in [-0.3, -0.25) is 0 Å². The highest BCUT2D eigenvalue weighted by Gasteiger charge is 1.91. The highest BCUT2D eigenvalue weighted by atomic mass is 15.1. The Morgan fingerprint density at radius 2 is 2.08 bits per heavy atom. The van der Waals surface area contributed by atoms with Crippen molar-refractivity contribution in [2.24, 2.45) is 0 Å². The zero-order valence-corrected chi connectivity index (χ0v) is 7.91. The maximum absolute atomic E-state index is 5.44. The Morgan fingerprint density at radius 3 is 2.62 bits per heavy atom. The van der Waals surface area contributed by atoms with E-state index in [1.807, 2.05) is 13.8 Å². The molecule has 13 heavy (non-hydrogen) atoms. The topological polar surface area (TPSA) is 63.8 Å². The minimum atomic E-state index is 0.577. The van der Waals surface area contributed by atoms with Gasteiger partial charge in [-0.1, -0.05) is 11.6 Å². The number of rotatable bonds is 3. The van der Waals surface area contributed by atoms with Crippen LogP contribution in [0.15, 0.2) is 24.0 Å². The lowest BCUT2D eigenvalue weighted by atomic mass is 10.3. The van der Waals surface area contributed by atoms with Gasteiger partial charge in [-0.2, -0.15) is 0 Å². The standard InChI is InChI=1S/C9H14N4/c1-7(2)3-4-11-9-12-5-8(10)6-13-9/h3,5-6H,4,10H2,1-2H3,(H,11,12,13). The van der Waals surface area contributed by atoms with Crippen LogP contribution in [0.1, 0.15) is 13.8 Å². The normalized spacial score (nSPS) is 9.38. The molecule has 4 heteroatoms. The summed E-state index contributed by atoms with van der Waals surface area (Å²) in [5.74, 6) is 0.603. The Hall–Kier alpha value is -1.58. The van der Waals surface area contributed by atoms with Crippen LogP contribution >= 0.6 is 0 Å². The Bertz CT molecular complexity index is 285. The number of hydrogen-bond donors (Lipinski definition) is 2. The monoisotopic (exact) mass is 178 g/mol. The Labute approximate surface area is 77.9 Å². The van der Waals surface area contributed by atoms with E-state index in [1.165, 1.54) is 5.57 Å². The molecule has 0 aliphatic carbocycles. The van der Waals surface area contributed by atoms with Gasteiger partial charge < -0.3 is 11.1 Å². The maximum Gasteiger partial charge on any atom is 0.222 e. The van der Waals surface area contributed by atoms with Crippen molar-refractivity contribution in [2.45, 2.75) is 13.8 Å². The van der Waals surface area contributed by atoms with Crippen LogP contribution in [0.4, 0.5) is 11.6 Å². The van der Waals surface area contributed by atoms with Crippen molar-refractivity contribution in [1.29, 1.82) is 0 Å². The molecule has 0 aliphatic heterocycles. The summed E-state index contributed by atoms with van der Waals surface area (Å²) in [5, 5.41) is 3.05. The van der Waals surface area contributed by atoms with Gasteiger partial charge >= 0.3 is 0 Å². The zero-order valence-electron chi connectivity index (χ0n) is 7.91. The Balaban J connectivity index is 2.46. The molecule has 0 radical (unpaired) electrons. The molecule has 0 amide bonds. The van der Waals surface area contributed by atoms with Crippen LogP contribution in [0, 0.1) is 0 Å². The quantitative estimate of drug-likeness (QED) is 0.687. The van der Waals surface area contributed by atoms with E-state index in [4.69, 9.17) is 5.73 Å². The second-order valence-corrected chi connectivity index (χ2v) is 3.00. The summed E-state index contributed by atoms with van der Waals surface area (Å²) in [6, 6.07) is 0. The summed E-state index contributed by atoms with van der Waals surface area (Å²) >= 11 is 0. The van der Waals surface area contributed by atoms with E-state index in [-0.39, 0.29) is 0 Å². The minimum Gasteiger partial charge on any atom is -0.396 e. The molecule has 0 atom stereocenters. The third kappa shape index (κ3) is 3.55. The van der Waals surface area contributed by atoms with Crippen LogP contribution in [-0.2, 0) is 0 Å². The van der Waals surface area contributed by atoms with Crippen molar-refractivity contribution >= 4 is 11.6 Å². The first kappa shape index (κ1) is 9.51. The SMILES string of the molecule is CC(C)=CCNc1ncc(N)cn1. The number of allylic oxidation sites excluding steroid dienone is 1. The van der Waals surface area contributed by atoms with Crippen LogP contribution < -0.4 is 11.1 Å². The van der Waals surface area contributed by atoms with Gasteiger partial charge in [-0.05, 0) is 13.8 Å². The third-order valence-corrected chi connectivity index (χ3v) is 1.44. The van der Waals surface area contributed by atoms with Crippen molar-refractivity contribution in [3.8, 4) is 0 Å². The first-order valence-electron chi connectivity index (χ1n) is 4.13. The lowest BCUT2D eigenvalue weighted by molar-refractivity contribution is 1.12. The molecule has 1 aromatic rings. The van der Waals surface area contributed by atoms with E-state index < -0.39 is 0 Å². The van der Waals surface area contributed by atoms with Crippen LogP contribution in [0.2, 0.25) is 0 Å². The van der Waals surface area contributed by atoms with Gasteiger partial charge in [-0.25, -0.2) is 9.97 Å². The van der Waals surface area contributed by atoms with Crippen LogP contribution in [0.25, 0.3) is 0 Å². The predicted molar refractivity (Wildman–Crippen MR) is 54.4 cm³/mol. The summed E-state index contributed by atoms with van der Waals surface area (Å²) in [5.41, 5.74) is 7.28. The highest BCUT2D eigenvalue weighted by molar-refractivity contribution is 5.36. The molecule has 3 N–H and O–H groups in total. The molecule has 1 heterocycles. The fourth-order valence-corrected chi connectivity index (χ4v) is 0.776. The number of anilines is 2. The molecule has 0 aromatic carbocycles. The molecule has 4 nitrogen and oxygen atoms in total. The number of nitrogens with one attached hydrogen (secondary N) is 1. The molecule has 0 spiro atoms. The Kier molecular flexibility index (Phi) is 3.25. The third-order valence-electron chi connectivity index (χ3n) is 1.44. The summed E-state index contributed by atoms with van der Waals surface area (Å²) in [7, 11) is 0. The lowest BCUT2D eigenvalue weighted by Crippen LogP contribution is -2.03. The summed E-state index contributed by atoms with van der Waals surface area (Å²) in [6.07, 6.45) is 5.23. The van der Waals surface area contributed by atoms with Crippen molar-refractivity contribution < 1.29 is 0 Å². The van der Waals surface area contributed by atoms with E-state index in [0.29, 0.717) is 11.6 Å². The number of nitrogen functional groups attached to an aromatic ring is 1. The average Bonchev–Trinajstić information content (AvgIpc) is 2.08. The molecule has 0 fully saturated rings. The van der Waals surface area contributed by atoms with Crippen molar-refractivity contribution in [3.63, 3.8) is 0 Å². The van der Waals surface area contributed by atoms with Crippen molar-refractivity contribution in [1.82, 2.24) is 9.97 Å². The molecule has 70 valence electrons. The largest absolute Gasteiger partial charge is 0.396 e. The predicted octanol–water partition coefficient (Wildman–Crippen LogP) is 1.44. The van der Waals surface area contributed by atoms with Gasteiger partial charge in [0.15, 0.2) is 0 Å². The number of nitrogens with two attached hydrogens (primary N) is 1. The minimum absolute atomic E-state index is 0.577. The Morgan fingerprint density at radius 1 is 1.46 bits per heavy atom. The van der Waals surface area contributed by atoms with Gasteiger partial charge in [0.2, 0.25) is 5.95 Å². The number of nitrogens with zero attached hydrogens (tertiary/aromatic N) is 2. The number of aromatic nitrogens is 2. The van der Waals surface area contributed by atoms with Gasteiger partial charge in [0.05, 0.1) is 18.1 Å². The molecule has 1 rings (SSSR count). The van der Waals surface area contributed by atoms with Crippen molar-refractivity contribution in [2.75, 3.05) is 17.6 Å². The van der Waals surface area contributed by atoms with E-state index in [2.05, 4.69) is 21.4 Å². The average molecular weight is 178 g/mol. The molecule has 0 saturated carbocycles. The van der Waals surface area contributed by atoms with Crippen LogP contribution in [0.3, 0.4) is 0 Å². The fourth-order valence-electron chi connectivity index (χ4n) is 0.776. The highest BCUT2D eigenvalue weighted by Crippen LogP contribution is 2.00. The zero-order chi connectivity index (χ0) is 9.68. The maximum atomic E-state index is 5.44. The lowest BCUT2D eigenvalue weighted by Gasteiger charge is -2.00.